The van der Waals surface area contributed by atoms with Gasteiger partial charge in [0.2, 0.25) is 0 Å². The molecule has 0 aliphatic carbocycles. The molecule has 1 heteroatoms. The van der Waals surface area contributed by atoms with Crippen molar-refractivity contribution >= 4 is 0 Å². The number of rotatable bonds is 4. The second-order valence-corrected chi connectivity index (χ2v) is 5.23. The van der Waals surface area contributed by atoms with Crippen LogP contribution in [0.2, 0.25) is 0 Å². The third-order valence-electron chi connectivity index (χ3n) is 4.22. The van der Waals surface area contributed by atoms with E-state index in [4.69, 9.17) is 0 Å². The summed E-state index contributed by atoms with van der Waals surface area (Å²) in [6, 6.07) is 25.6. The van der Waals surface area contributed by atoms with Gasteiger partial charge in [0.1, 0.15) is 0 Å². The van der Waals surface area contributed by atoms with E-state index in [1.54, 1.807) is 0 Å². The van der Waals surface area contributed by atoms with Crippen molar-refractivity contribution in [1.29, 1.82) is 0 Å². The average Bonchev–Trinajstić information content (AvgIpc) is 2.59. The Balaban J connectivity index is 2.29. The Morgan fingerprint density at radius 1 is 0.714 bits per heavy atom. The molecule has 1 aromatic heterocycles. The van der Waals surface area contributed by atoms with Crippen molar-refractivity contribution in [2.75, 3.05) is 0 Å². The van der Waals surface area contributed by atoms with Gasteiger partial charge in [-0.15, -0.1) is 0 Å². The Bertz CT molecular complexity index is 578. The van der Waals surface area contributed by atoms with Crippen molar-refractivity contribution in [2.45, 2.75) is 18.8 Å². The maximum absolute atomic E-state index is 4.35. The quantitative estimate of drug-likeness (QED) is 0.663. The van der Waals surface area contributed by atoms with Gasteiger partial charge >= 0.3 is 0 Å². The van der Waals surface area contributed by atoms with Crippen LogP contribution in [0, 0.1) is 0 Å². The Labute approximate surface area is 126 Å². The molecule has 0 spiro atoms. The molecule has 0 unspecified atom stereocenters. The van der Waals surface area contributed by atoms with E-state index in [0.29, 0.717) is 0 Å². The van der Waals surface area contributed by atoms with Gasteiger partial charge in [0.25, 0.3) is 0 Å². The van der Waals surface area contributed by atoms with Crippen LogP contribution in [0.4, 0.5) is 0 Å². The van der Waals surface area contributed by atoms with Gasteiger partial charge in [-0.05, 0) is 29.2 Å². The largest absolute Gasteiger partial charge is 0.264 e. The molecule has 0 aliphatic heterocycles. The highest BCUT2D eigenvalue weighted by Gasteiger charge is 2.34. The Kier molecular flexibility index (Phi) is 3.83. The first-order valence-corrected chi connectivity index (χ1v) is 7.39. The van der Waals surface area contributed by atoms with Crippen LogP contribution in [-0.4, -0.2) is 4.98 Å². The molecule has 0 aliphatic rings. The van der Waals surface area contributed by atoms with Gasteiger partial charge in [-0.1, -0.05) is 73.7 Å². The number of nitrogens with zero attached hydrogens (tertiary/aromatic N) is 1. The summed E-state index contributed by atoms with van der Waals surface area (Å²) < 4.78 is 0. The van der Waals surface area contributed by atoms with Crippen LogP contribution < -0.4 is 0 Å². The lowest BCUT2D eigenvalue weighted by molar-refractivity contribution is 0.591. The van der Waals surface area contributed by atoms with Crippen molar-refractivity contribution in [2.24, 2.45) is 0 Å². The molecule has 21 heavy (non-hydrogen) atoms. The molecule has 1 heterocycles. The van der Waals surface area contributed by atoms with E-state index in [0.717, 1.165) is 6.42 Å². The maximum atomic E-state index is 4.35. The van der Waals surface area contributed by atoms with Crippen LogP contribution in [0.5, 0.6) is 0 Å². The van der Waals surface area contributed by atoms with Crippen LogP contribution in [0.1, 0.15) is 30.0 Å². The first-order valence-electron chi connectivity index (χ1n) is 7.39. The summed E-state index contributed by atoms with van der Waals surface area (Å²) in [4.78, 5) is 4.35. The van der Waals surface area contributed by atoms with Gasteiger partial charge in [-0.2, -0.15) is 0 Å². The highest BCUT2D eigenvalue weighted by Crippen LogP contribution is 2.41. The van der Waals surface area contributed by atoms with Crippen molar-refractivity contribution in [3.8, 4) is 0 Å². The molecule has 0 saturated carbocycles. The Hall–Kier alpha value is -2.41. The van der Waals surface area contributed by atoms with E-state index >= 15 is 0 Å². The van der Waals surface area contributed by atoms with Crippen molar-refractivity contribution in [1.82, 2.24) is 4.98 Å². The summed E-state index contributed by atoms with van der Waals surface area (Å²) in [5, 5.41) is 0. The molecule has 3 rings (SSSR count). The minimum Gasteiger partial charge on any atom is -0.264 e. The van der Waals surface area contributed by atoms with Crippen LogP contribution >= 0.6 is 0 Å². The zero-order valence-corrected chi connectivity index (χ0v) is 12.2. The molecule has 0 atom stereocenters. The summed E-state index contributed by atoms with van der Waals surface area (Å²) in [5.41, 5.74) is 3.72. The van der Waals surface area contributed by atoms with Gasteiger partial charge < -0.3 is 0 Å². The first kappa shape index (κ1) is 13.6. The fraction of sp³-hybridized carbons (Fsp3) is 0.150. The number of benzene rings is 2. The zero-order chi connectivity index (χ0) is 14.5. The predicted molar refractivity (Wildman–Crippen MR) is 87.3 cm³/mol. The third kappa shape index (κ3) is 2.36. The zero-order valence-electron chi connectivity index (χ0n) is 12.2. The highest BCUT2D eigenvalue weighted by atomic mass is 14.6. The number of hydrogen-bond acceptors (Lipinski definition) is 1. The van der Waals surface area contributed by atoms with E-state index in [1.807, 2.05) is 18.5 Å². The smallest absolute Gasteiger partial charge is 0.0463 e. The Morgan fingerprint density at radius 2 is 1.24 bits per heavy atom. The van der Waals surface area contributed by atoms with Gasteiger partial charge in [0.05, 0.1) is 0 Å². The highest BCUT2D eigenvalue weighted by molar-refractivity contribution is 5.49. The van der Waals surface area contributed by atoms with Crippen LogP contribution in [0.25, 0.3) is 0 Å². The fourth-order valence-electron chi connectivity index (χ4n) is 3.17. The second-order valence-electron chi connectivity index (χ2n) is 5.23. The number of pyridine rings is 1. The normalized spacial score (nSPS) is 11.3. The molecular formula is C20H19N. The summed E-state index contributed by atoms with van der Waals surface area (Å²) in [5.74, 6) is 0. The van der Waals surface area contributed by atoms with E-state index < -0.39 is 0 Å². The Morgan fingerprint density at radius 3 is 1.67 bits per heavy atom. The molecule has 0 bridgehead atoms. The van der Waals surface area contributed by atoms with Crippen LogP contribution in [0.15, 0.2) is 85.2 Å². The monoisotopic (exact) mass is 273 g/mol. The lowest BCUT2D eigenvalue weighted by atomic mass is 9.68. The van der Waals surface area contributed by atoms with E-state index in [1.165, 1.54) is 16.7 Å². The summed E-state index contributed by atoms with van der Waals surface area (Å²) in [7, 11) is 0. The molecule has 0 radical (unpaired) electrons. The second kappa shape index (κ2) is 5.92. The summed E-state index contributed by atoms with van der Waals surface area (Å²) >= 11 is 0. The van der Waals surface area contributed by atoms with Crippen LogP contribution in [-0.2, 0) is 5.41 Å². The first-order chi connectivity index (χ1) is 10.4. The molecule has 0 amide bonds. The minimum absolute atomic E-state index is 0.142. The van der Waals surface area contributed by atoms with E-state index in [-0.39, 0.29) is 5.41 Å². The summed E-state index contributed by atoms with van der Waals surface area (Å²) in [6.07, 6.45) is 4.82. The molecule has 0 N–H and O–H groups in total. The topological polar surface area (TPSA) is 12.9 Å². The SMILES string of the molecule is CCC(c1ccccc1)(c1ccccc1)c1cccnc1. The van der Waals surface area contributed by atoms with Gasteiger partial charge in [0, 0.05) is 17.8 Å². The van der Waals surface area contributed by atoms with E-state index in [2.05, 4.69) is 78.6 Å². The lowest BCUT2D eigenvalue weighted by Gasteiger charge is -2.34. The molecule has 3 aromatic rings. The molecule has 104 valence electrons. The minimum atomic E-state index is -0.142. The lowest BCUT2D eigenvalue weighted by Crippen LogP contribution is -2.28. The van der Waals surface area contributed by atoms with Crippen LogP contribution in [0.3, 0.4) is 0 Å². The molecule has 1 nitrogen and oxygen atoms in total. The number of hydrogen-bond donors (Lipinski definition) is 0. The molecule has 0 saturated heterocycles. The average molecular weight is 273 g/mol. The number of aromatic nitrogens is 1. The van der Waals surface area contributed by atoms with Crippen molar-refractivity contribution in [3.05, 3.63) is 102 Å². The molecular weight excluding hydrogens is 254 g/mol. The third-order valence-corrected chi connectivity index (χ3v) is 4.22. The van der Waals surface area contributed by atoms with E-state index in [9.17, 15) is 0 Å². The fourth-order valence-corrected chi connectivity index (χ4v) is 3.17. The summed E-state index contributed by atoms with van der Waals surface area (Å²) in [6.45, 7) is 2.24. The van der Waals surface area contributed by atoms with Gasteiger partial charge in [0.15, 0.2) is 0 Å². The van der Waals surface area contributed by atoms with Gasteiger partial charge in [-0.25, -0.2) is 0 Å². The predicted octanol–water partition coefficient (Wildman–Crippen LogP) is 4.83. The van der Waals surface area contributed by atoms with Crippen molar-refractivity contribution < 1.29 is 0 Å². The standard InChI is InChI=1S/C20H19N/c1-2-20(17-10-5-3-6-11-17,18-12-7-4-8-13-18)19-14-9-15-21-16-19/h3-16H,2H2,1H3. The van der Waals surface area contributed by atoms with Crippen molar-refractivity contribution in [3.63, 3.8) is 0 Å². The van der Waals surface area contributed by atoms with Gasteiger partial charge in [-0.3, -0.25) is 4.98 Å². The molecule has 2 aromatic carbocycles. The maximum Gasteiger partial charge on any atom is 0.0463 e. The molecule has 0 fully saturated rings.